The van der Waals surface area contributed by atoms with Crippen molar-refractivity contribution in [3.05, 3.63) is 47.3 Å². The predicted molar refractivity (Wildman–Crippen MR) is 71.8 cm³/mol. The van der Waals surface area contributed by atoms with E-state index in [1.807, 2.05) is 0 Å². The zero-order valence-corrected chi connectivity index (χ0v) is 10.6. The molecule has 1 aromatic heterocycles. The fourth-order valence-corrected chi connectivity index (χ4v) is 2.72. The first-order valence-electron chi connectivity index (χ1n) is 5.69. The van der Waals surface area contributed by atoms with E-state index in [4.69, 9.17) is 0 Å². The summed E-state index contributed by atoms with van der Waals surface area (Å²) >= 11 is 1.80. The highest BCUT2D eigenvalue weighted by Gasteiger charge is 2.10. The summed E-state index contributed by atoms with van der Waals surface area (Å²) in [5.74, 6) is 0. The van der Waals surface area contributed by atoms with Crippen LogP contribution in [0.1, 0.15) is 25.5 Å². The van der Waals surface area contributed by atoms with Gasteiger partial charge in [-0.25, -0.2) is 0 Å². The summed E-state index contributed by atoms with van der Waals surface area (Å²) < 4.78 is 0. The second-order valence-electron chi connectivity index (χ2n) is 3.84. The van der Waals surface area contributed by atoms with E-state index in [1.165, 1.54) is 16.0 Å². The quantitative estimate of drug-likeness (QED) is 0.836. The highest BCUT2D eigenvalue weighted by molar-refractivity contribution is 7.13. The van der Waals surface area contributed by atoms with E-state index in [-0.39, 0.29) is 0 Å². The van der Waals surface area contributed by atoms with E-state index >= 15 is 0 Å². The Morgan fingerprint density at radius 1 is 1.19 bits per heavy atom. The minimum atomic E-state index is 0.406. The normalized spacial score (nSPS) is 12.6. The van der Waals surface area contributed by atoms with Crippen molar-refractivity contribution in [1.29, 1.82) is 0 Å². The Bertz CT molecular complexity index is 434. The van der Waals surface area contributed by atoms with E-state index in [0.717, 1.165) is 6.54 Å². The van der Waals surface area contributed by atoms with Gasteiger partial charge in [0, 0.05) is 10.9 Å². The molecule has 0 amide bonds. The molecule has 1 N–H and O–H groups in total. The molecular weight excluding hydrogens is 214 g/mol. The number of rotatable bonds is 4. The van der Waals surface area contributed by atoms with Gasteiger partial charge in [-0.05, 0) is 36.0 Å². The van der Waals surface area contributed by atoms with Crippen molar-refractivity contribution in [3.8, 4) is 10.4 Å². The molecular formula is C14H17NS. The SMILES string of the molecule is CCNC(C)c1ccccc1-c1cccs1. The Hall–Kier alpha value is -1.12. The molecule has 0 aliphatic rings. The molecule has 0 aliphatic carbocycles. The second-order valence-corrected chi connectivity index (χ2v) is 4.79. The summed E-state index contributed by atoms with van der Waals surface area (Å²) in [6.45, 7) is 5.36. The van der Waals surface area contributed by atoms with Gasteiger partial charge >= 0.3 is 0 Å². The van der Waals surface area contributed by atoms with Gasteiger partial charge in [0.05, 0.1) is 0 Å². The summed E-state index contributed by atoms with van der Waals surface area (Å²) in [6.07, 6.45) is 0. The molecule has 2 aromatic rings. The average Bonchev–Trinajstić information content (AvgIpc) is 2.83. The molecule has 0 saturated heterocycles. The number of nitrogens with one attached hydrogen (secondary N) is 1. The van der Waals surface area contributed by atoms with Crippen molar-refractivity contribution in [2.24, 2.45) is 0 Å². The lowest BCUT2D eigenvalue weighted by atomic mass is 10.0. The molecule has 2 heteroatoms. The maximum Gasteiger partial charge on any atom is 0.0346 e. The van der Waals surface area contributed by atoms with Crippen molar-refractivity contribution in [2.45, 2.75) is 19.9 Å². The van der Waals surface area contributed by atoms with Gasteiger partial charge in [0.15, 0.2) is 0 Å². The highest BCUT2D eigenvalue weighted by atomic mass is 32.1. The van der Waals surface area contributed by atoms with Gasteiger partial charge in [-0.3, -0.25) is 0 Å². The number of hydrogen-bond acceptors (Lipinski definition) is 2. The Morgan fingerprint density at radius 3 is 2.69 bits per heavy atom. The van der Waals surface area contributed by atoms with Gasteiger partial charge in [0.2, 0.25) is 0 Å². The maximum absolute atomic E-state index is 3.47. The van der Waals surface area contributed by atoms with Crippen LogP contribution in [0, 0.1) is 0 Å². The first kappa shape index (κ1) is 11.4. The Labute approximate surface area is 101 Å². The lowest BCUT2D eigenvalue weighted by Gasteiger charge is -2.16. The van der Waals surface area contributed by atoms with E-state index < -0.39 is 0 Å². The summed E-state index contributed by atoms with van der Waals surface area (Å²) in [4.78, 5) is 1.35. The summed E-state index contributed by atoms with van der Waals surface area (Å²) in [6, 6.07) is 13.3. The van der Waals surface area contributed by atoms with Crippen LogP contribution in [-0.4, -0.2) is 6.54 Å². The van der Waals surface area contributed by atoms with Crippen LogP contribution in [0.5, 0.6) is 0 Å². The number of benzene rings is 1. The summed E-state index contributed by atoms with van der Waals surface area (Å²) in [7, 11) is 0. The Kier molecular flexibility index (Phi) is 3.75. The third kappa shape index (κ3) is 2.34. The molecule has 1 heterocycles. The molecule has 0 aliphatic heterocycles. The first-order chi connectivity index (χ1) is 7.83. The first-order valence-corrected chi connectivity index (χ1v) is 6.57. The van der Waals surface area contributed by atoms with Crippen LogP contribution in [0.3, 0.4) is 0 Å². The van der Waals surface area contributed by atoms with Crippen LogP contribution in [0.2, 0.25) is 0 Å². The molecule has 0 fully saturated rings. The van der Waals surface area contributed by atoms with Crippen molar-refractivity contribution in [2.75, 3.05) is 6.54 Å². The van der Waals surface area contributed by atoms with Crippen molar-refractivity contribution in [1.82, 2.24) is 5.32 Å². The number of thiophene rings is 1. The highest BCUT2D eigenvalue weighted by Crippen LogP contribution is 2.31. The largest absolute Gasteiger partial charge is 0.310 e. The minimum Gasteiger partial charge on any atom is -0.310 e. The molecule has 84 valence electrons. The molecule has 2 rings (SSSR count). The zero-order valence-electron chi connectivity index (χ0n) is 9.73. The van der Waals surface area contributed by atoms with Gasteiger partial charge in [0.1, 0.15) is 0 Å². The molecule has 0 saturated carbocycles. The molecule has 16 heavy (non-hydrogen) atoms. The monoisotopic (exact) mass is 231 g/mol. The fraction of sp³-hybridized carbons (Fsp3) is 0.286. The van der Waals surface area contributed by atoms with Gasteiger partial charge < -0.3 is 5.32 Å². The topological polar surface area (TPSA) is 12.0 Å². The molecule has 0 spiro atoms. The van der Waals surface area contributed by atoms with Gasteiger partial charge in [-0.2, -0.15) is 0 Å². The zero-order chi connectivity index (χ0) is 11.4. The van der Waals surface area contributed by atoms with Crippen LogP contribution < -0.4 is 5.32 Å². The van der Waals surface area contributed by atoms with Gasteiger partial charge in [0.25, 0.3) is 0 Å². The van der Waals surface area contributed by atoms with Crippen molar-refractivity contribution < 1.29 is 0 Å². The summed E-state index contributed by atoms with van der Waals surface area (Å²) in [5, 5.41) is 5.60. The average molecular weight is 231 g/mol. The van der Waals surface area contributed by atoms with E-state index in [1.54, 1.807) is 11.3 Å². The van der Waals surface area contributed by atoms with E-state index in [0.29, 0.717) is 6.04 Å². The van der Waals surface area contributed by atoms with Gasteiger partial charge in [-0.1, -0.05) is 37.3 Å². The standard InChI is InChI=1S/C14H17NS/c1-3-15-11(2)12-7-4-5-8-13(12)14-9-6-10-16-14/h4-11,15H,3H2,1-2H3. The molecule has 1 nitrogen and oxygen atoms in total. The van der Waals surface area contributed by atoms with E-state index in [2.05, 4.69) is 60.9 Å². The Morgan fingerprint density at radius 2 is 2.00 bits per heavy atom. The van der Waals surface area contributed by atoms with Crippen LogP contribution in [0.25, 0.3) is 10.4 Å². The second kappa shape index (κ2) is 5.28. The smallest absolute Gasteiger partial charge is 0.0346 e. The third-order valence-electron chi connectivity index (χ3n) is 2.72. The van der Waals surface area contributed by atoms with Gasteiger partial charge in [-0.15, -0.1) is 11.3 Å². The lowest BCUT2D eigenvalue weighted by molar-refractivity contribution is 0.599. The maximum atomic E-state index is 3.47. The molecule has 0 radical (unpaired) electrons. The third-order valence-corrected chi connectivity index (χ3v) is 3.63. The minimum absolute atomic E-state index is 0.406. The molecule has 1 unspecified atom stereocenters. The van der Waals surface area contributed by atoms with Crippen molar-refractivity contribution >= 4 is 11.3 Å². The fourth-order valence-electron chi connectivity index (χ4n) is 1.95. The van der Waals surface area contributed by atoms with E-state index in [9.17, 15) is 0 Å². The number of hydrogen-bond donors (Lipinski definition) is 1. The van der Waals surface area contributed by atoms with Crippen LogP contribution in [0.15, 0.2) is 41.8 Å². The van der Waals surface area contributed by atoms with Crippen LogP contribution in [0.4, 0.5) is 0 Å². The summed E-state index contributed by atoms with van der Waals surface area (Å²) in [5.41, 5.74) is 2.73. The van der Waals surface area contributed by atoms with Crippen molar-refractivity contribution in [3.63, 3.8) is 0 Å². The van der Waals surface area contributed by atoms with Crippen LogP contribution in [-0.2, 0) is 0 Å². The Balaban J connectivity index is 2.38. The predicted octanol–water partition coefficient (Wildman–Crippen LogP) is 4.09. The van der Waals surface area contributed by atoms with Crippen LogP contribution >= 0.6 is 11.3 Å². The molecule has 1 atom stereocenters. The lowest BCUT2D eigenvalue weighted by Crippen LogP contribution is -2.18. The molecule has 1 aromatic carbocycles. The molecule has 0 bridgehead atoms.